The van der Waals surface area contributed by atoms with Crippen molar-refractivity contribution in [2.45, 2.75) is 37.1 Å². The number of amides is 4. The van der Waals surface area contributed by atoms with Gasteiger partial charge < -0.3 is 14.7 Å². The van der Waals surface area contributed by atoms with E-state index >= 15 is 0 Å². The SMILES string of the molecule is Cc1noc(C)c1S(=O)(=O)N1CCN(C(=O)CN2C(=O)NC3(CCc4ccccc43)C2=O)CC1. The third-order valence-electron chi connectivity index (χ3n) is 6.87. The van der Waals surface area contributed by atoms with Crippen LogP contribution in [0.3, 0.4) is 0 Å². The van der Waals surface area contributed by atoms with Crippen LogP contribution in [0.2, 0.25) is 0 Å². The number of nitrogens with zero attached hydrogens (tertiary/aromatic N) is 4. The van der Waals surface area contributed by atoms with Gasteiger partial charge in [0.15, 0.2) is 5.76 Å². The summed E-state index contributed by atoms with van der Waals surface area (Å²) in [6.07, 6.45) is 1.13. The van der Waals surface area contributed by atoms with Gasteiger partial charge >= 0.3 is 6.03 Å². The number of carbonyl (C=O) groups excluding carboxylic acids is 3. The zero-order valence-corrected chi connectivity index (χ0v) is 19.7. The molecule has 2 aliphatic heterocycles. The van der Waals surface area contributed by atoms with Crippen molar-refractivity contribution in [1.29, 1.82) is 0 Å². The molecule has 0 saturated carbocycles. The summed E-state index contributed by atoms with van der Waals surface area (Å²) in [5.41, 5.74) is 0.966. The van der Waals surface area contributed by atoms with Gasteiger partial charge in [-0.2, -0.15) is 4.31 Å². The molecule has 2 aromatic rings. The molecule has 11 nitrogen and oxygen atoms in total. The Kier molecular flexibility index (Phi) is 5.24. The maximum absolute atomic E-state index is 13.3. The summed E-state index contributed by atoms with van der Waals surface area (Å²) < 4.78 is 32.3. The highest BCUT2D eigenvalue weighted by Crippen LogP contribution is 2.41. The summed E-state index contributed by atoms with van der Waals surface area (Å²) in [5, 5.41) is 6.53. The second-order valence-electron chi connectivity index (χ2n) is 8.82. The second-order valence-corrected chi connectivity index (χ2v) is 10.7. The minimum Gasteiger partial charge on any atom is -0.360 e. The average Bonchev–Trinajstić information content (AvgIpc) is 3.44. The quantitative estimate of drug-likeness (QED) is 0.622. The molecule has 12 heteroatoms. The van der Waals surface area contributed by atoms with Crippen molar-refractivity contribution in [1.82, 2.24) is 24.6 Å². The Balaban J connectivity index is 1.25. The van der Waals surface area contributed by atoms with Crippen molar-refractivity contribution >= 4 is 27.9 Å². The predicted molar refractivity (Wildman–Crippen MR) is 118 cm³/mol. The van der Waals surface area contributed by atoms with Crippen molar-refractivity contribution in [3.8, 4) is 0 Å². The number of hydrogen-bond donors (Lipinski definition) is 1. The van der Waals surface area contributed by atoms with Gasteiger partial charge in [-0.1, -0.05) is 29.4 Å². The minimum absolute atomic E-state index is 0.0498. The number of fused-ring (bicyclic) bond motifs is 2. The first-order valence-electron chi connectivity index (χ1n) is 11.1. The maximum atomic E-state index is 13.3. The van der Waals surface area contributed by atoms with Gasteiger partial charge in [0.2, 0.25) is 15.9 Å². The largest absolute Gasteiger partial charge is 0.360 e. The Morgan fingerprint density at radius 3 is 2.53 bits per heavy atom. The van der Waals surface area contributed by atoms with Crippen molar-refractivity contribution in [3.05, 3.63) is 46.8 Å². The van der Waals surface area contributed by atoms with Crippen LogP contribution in [0.25, 0.3) is 0 Å². The van der Waals surface area contributed by atoms with Crippen LogP contribution in [0.15, 0.2) is 33.7 Å². The number of piperazine rings is 1. The van der Waals surface area contributed by atoms with Crippen LogP contribution in [0.5, 0.6) is 0 Å². The lowest BCUT2D eigenvalue weighted by Crippen LogP contribution is -2.53. The van der Waals surface area contributed by atoms with Crippen molar-refractivity contribution in [3.63, 3.8) is 0 Å². The third kappa shape index (κ3) is 3.31. The number of rotatable bonds is 4. The van der Waals surface area contributed by atoms with E-state index < -0.39 is 33.4 Å². The summed E-state index contributed by atoms with van der Waals surface area (Å²) in [5.74, 6) is -0.603. The van der Waals surface area contributed by atoms with Gasteiger partial charge in [-0.25, -0.2) is 13.2 Å². The van der Waals surface area contributed by atoms with E-state index in [4.69, 9.17) is 4.52 Å². The fourth-order valence-corrected chi connectivity index (χ4v) is 6.83. The Hall–Kier alpha value is -3.25. The van der Waals surface area contributed by atoms with Crippen LogP contribution in [-0.4, -0.2) is 78.2 Å². The van der Waals surface area contributed by atoms with Crippen molar-refractivity contribution < 1.29 is 27.3 Å². The van der Waals surface area contributed by atoms with E-state index in [1.54, 1.807) is 13.8 Å². The third-order valence-corrected chi connectivity index (χ3v) is 9.02. The average molecular weight is 488 g/mol. The van der Waals surface area contributed by atoms with Gasteiger partial charge in [-0.15, -0.1) is 0 Å². The summed E-state index contributed by atoms with van der Waals surface area (Å²) >= 11 is 0. The summed E-state index contributed by atoms with van der Waals surface area (Å²) in [4.78, 5) is 41.4. The lowest BCUT2D eigenvalue weighted by Gasteiger charge is -2.34. The van der Waals surface area contributed by atoms with Crippen molar-refractivity contribution in [2.75, 3.05) is 32.7 Å². The number of benzene rings is 1. The lowest BCUT2D eigenvalue weighted by atomic mass is 9.92. The second kappa shape index (κ2) is 7.91. The van der Waals surface area contributed by atoms with E-state index in [0.29, 0.717) is 12.8 Å². The molecule has 1 unspecified atom stereocenters. The Bertz CT molecular complexity index is 1280. The minimum atomic E-state index is -3.80. The topological polar surface area (TPSA) is 133 Å². The molecule has 0 radical (unpaired) electrons. The highest BCUT2D eigenvalue weighted by atomic mass is 32.2. The number of imide groups is 1. The summed E-state index contributed by atoms with van der Waals surface area (Å²) in [6.45, 7) is 3.21. The molecule has 2 saturated heterocycles. The van der Waals surface area contributed by atoms with E-state index in [2.05, 4.69) is 10.5 Å². The molecule has 34 heavy (non-hydrogen) atoms. The zero-order chi connectivity index (χ0) is 24.3. The number of nitrogens with one attached hydrogen (secondary N) is 1. The fraction of sp³-hybridized carbons (Fsp3) is 0.455. The molecule has 3 aliphatic rings. The molecule has 2 fully saturated rings. The Labute approximate surface area is 196 Å². The molecule has 3 heterocycles. The smallest absolute Gasteiger partial charge is 0.325 e. The first kappa shape index (κ1) is 22.5. The molecule has 0 bridgehead atoms. The molecule has 180 valence electrons. The summed E-state index contributed by atoms with van der Waals surface area (Å²) in [6, 6.07) is 6.91. The number of hydrogen-bond acceptors (Lipinski definition) is 7. The van der Waals surface area contributed by atoms with Gasteiger partial charge in [0.05, 0.1) is 0 Å². The van der Waals surface area contributed by atoms with Gasteiger partial charge in [0.1, 0.15) is 22.7 Å². The monoisotopic (exact) mass is 487 g/mol. The van der Waals surface area contributed by atoms with Crippen LogP contribution in [-0.2, 0) is 31.6 Å². The molecule has 5 rings (SSSR count). The van der Waals surface area contributed by atoms with Crippen LogP contribution in [0.1, 0.15) is 29.0 Å². The first-order chi connectivity index (χ1) is 16.1. The fourth-order valence-electron chi connectivity index (χ4n) is 5.12. The molecule has 1 aromatic heterocycles. The Morgan fingerprint density at radius 1 is 1.15 bits per heavy atom. The normalized spacial score (nSPS) is 23.0. The van der Waals surface area contributed by atoms with Crippen molar-refractivity contribution in [2.24, 2.45) is 0 Å². The van der Waals surface area contributed by atoms with E-state index in [1.165, 1.54) is 9.21 Å². The highest BCUT2D eigenvalue weighted by Gasteiger charge is 2.55. The maximum Gasteiger partial charge on any atom is 0.325 e. The molecule has 1 aliphatic carbocycles. The van der Waals surface area contributed by atoms with E-state index in [1.807, 2.05) is 24.3 Å². The molecule has 1 N–H and O–H groups in total. The standard InChI is InChI=1S/C22H25N5O6S/c1-14-19(15(2)33-24-14)34(31,32)26-11-9-25(10-12-26)18(28)13-27-20(29)22(23-21(27)30)8-7-16-5-3-4-6-17(16)22/h3-6H,7-13H2,1-2H3,(H,23,30). The number of aryl methyl sites for hydroxylation is 3. The highest BCUT2D eigenvalue weighted by molar-refractivity contribution is 7.89. The van der Waals surface area contributed by atoms with Gasteiger partial charge in [0, 0.05) is 26.2 Å². The van der Waals surface area contributed by atoms with E-state index in [9.17, 15) is 22.8 Å². The van der Waals surface area contributed by atoms with Crippen LogP contribution >= 0.6 is 0 Å². The molecular formula is C22H25N5O6S. The van der Waals surface area contributed by atoms with E-state index in [-0.39, 0.29) is 49.1 Å². The van der Waals surface area contributed by atoms with Crippen LogP contribution in [0.4, 0.5) is 4.79 Å². The molecule has 1 spiro atoms. The number of sulfonamides is 1. The van der Waals surface area contributed by atoms with Gasteiger partial charge in [-0.3, -0.25) is 14.5 Å². The van der Waals surface area contributed by atoms with Gasteiger partial charge in [-0.05, 0) is 37.8 Å². The van der Waals surface area contributed by atoms with Crippen LogP contribution < -0.4 is 5.32 Å². The van der Waals surface area contributed by atoms with Crippen LogP contribution in [0, 0.1) is 13.8 Å². The predicted octanol–water partition coefficient (Wildman–Crippen LogP) is 0.518. The number of aromatic nitrogens is 1. The van der Waals surface area contributed by atoms with E-state index in [0.717, 1.165) is 16.0 Å². The first-order valence-corrected chi connectivity index (χ1v) is 12.5. The summed E-state index contributed by atoms with van der Waals surface area (Å²) in [7, 11) is -3.80. The molecule has 1 atom stereocenters. The zero-order valence-electron chi connectivity index (χ0n) is 18.9. The molecule has 1 aromatic carbocycles. The number of urea groups is 1. The number of carbonyl (C=O) groups is 3. The molecule has 4 amide bonds. The lowest BCUT2D eigenvalue weighted by molar-refractivity contribution is -0.139. The van der Waals surface area contributed by atoms with Gasteiger partial charge in [0.25, 0.3) is 5.91 Å². The molecular weight excluding hydrogens is 462 g/mol. The Morgan fingerprint density at radius 2 is 1.85 bits per heavy atom.